The number of imidazole rings is 1. The minimum absolute atomic E-state index is 0.0369. The Morgan fingerprint density at radius 3 is 2.65 bits per heavy atom. The van der Waals surface area contributed by atoms with Crippen molar-refractivity contribution in [1.82, 2.24) is 4.68 Å². The summed E-state index contributed by atoms with van der Waals surface area (Å²) in [5.41, 5.74) is 0. The van der Waals surface area contributed by atoms with Crippen LogP contribution in [0.5, 0.6) is 0 Å². The topological polar surface area (TPSA) is 55.4 Å². The molecule has 0 aliphatic rings. The molecule has 0 bridgehead atoms. The molecule has 0 spiro atoms. The fourth-order valence-electron chi connectivity index (χ4n) is 1.39. The van der Waals surface area contributed by atoms with Gasteiger partial charge in [-0.1, -0.05) is 0 Å². The molecule has 1 amide bonds. The van der Waals surface area contributed by atoms with Crippen LogP contribution in [0.4, 0.5) is 0 Å². The number of methoxy groups -OCH3 is 1. The lowest BCUT2D eigenvalue weighted by Crippen LogP contribution is -2.37. The highest BCUT2D eigenvalue weighted by Crippen LogP contribution is 2.00. The van der Waals surface area contributed by atoms with Gasteiger partial charge < -0.3 is 4.74 Å². The van der Waals surface area contributed by atoms with Crippen LogP contribution < -0.4 is 9.58 Å². The molecule has 0 unspecified atom stereocenters. The van der Waals surface area contributed by atoms with E-state index in [1.54, 1.807) is 24.2 Å². The number of esters is 1. The smallest absolute Gasteiger partial charge is 0.305 e. The molecule has 0 atom stereocenters. The maximum absolute atomic E-state index is 11.8. The van der Waals surface area contributed by atoms with E-state index in [0.29, 0.717) is 12.8 Å². The highest BCUT2D eigenvalue weighted by Gasteiger charge is 2.15. The molecule has 0 saturated carbocycles. The van der Waals surface area contributed by atoms with Crippen molar-refractivity contribution in [2.45, 2.75) is 19.3 Å². The van der Waals surface area contributed by atoms with Crippen LogP contribution in [-0.2, 0) is 21.4 Å². The lowest BCUT2D eigenvalue weighted by molar-refractivity contribution is -0.671. The van der Waals surface area contributed by atoms with Crippen molar-refractivity contribution in [1.29, 1.82) is 0 Å². The molecule has 1 rings (SSSR count). The zero-order valence-corrected chi connectivity index (χ0v) is 10.4. The maximum Gasteiger partial charge on any atom is 0.305 e. The molecule has 0 aliphatic heterocycles. The van der Waals surface area contributed by atoms with Crippen LogP contribution in [0, 0.1) is 0 Å². The van der Waals surface area contributed by atoms with Gasteiger partial charge in [0.05, 0.1) is 21.2 Å². The molecule has 0 aliphatic carbocycles. The molecule has 0 fully saturated rings. The summed E-state index contributed by atoms with van der Waals surface area (Å²) in [6, 6.07) is 0. The number of carbonyl (C=O) groups excluding carboxylic acids is 2. The first-order valence-electron chi connectivity index (χ1n) is 5.41. The van der Waals surface area contributed by atoms with Crippen LogP contribution >= 0.6 is 0 Å². The molecule has 0 radical (unpaired) electrons. The molecule has 0 saturated heterocycles. The Labute approximate surface area is 100 Å². The van der Waals surface area contributed by atoms with Crippen molar-refractivity contribution < 1.29 is 18.9 Å². The number of hydrogen-bond donors (Lipinski definition) is 0. The number of aryl methyl sites for hydroxylation is 1. The quantitative estimate of drug-likeness (QED) is 0.527. The van der Waals surface area contributed by atoms with Gasteiger partial charge in [0.15, 0.2) is 6.20 Å². The van der Waals surface area contributed by atoms with Crippen LogP contribution in [0.3, 0.4) is 0 Å². The Morgan fingerprint density at radius 1 is 1.41 bits per heavy atom. The van der Waals surface area contributed by atoms with Gasteiger partial charge in [-0.25, -0.2) is 4.57 Å². The number of rotatable bonds is 5. The summed E-state index contributed by atoms with van der Waals surface area (Å²) < 4.78 is 8.05. The number of ether oxygens (including phenoxy) is 1. The summed E-state index contributed by atoms with van der Waals surface area (Å²) in [5.74, 6) is -0.321. The van der Waals surface area contributed by atoms with E-state index in [-0.39, 0.29) is 18.3 Å². The van der Waals surface area contributed by atoms with E-state index in [0.717, 1.165) is 0 Å². The molecule has 1 aromatic heterocycles. The Balaban J connectivity index is 2.40. The molecule has 94 valence electrons. The van der Waals surface area contributed by atoms with Gasteiger partial charge in [-0.3, -0.25) is 9.59 Å². The van der Waals surface area contributed by atoms with Gasteiger partial charge in [-0.2, -0.15) is 5.01 Å². The maximum atomic E-state index is 11.8. The number of amides is 1. The summed E-state index contributed by atoms with van der Waals surface area (Å²) in [7, 11) is 4.92. The van der Waals surface area contributed by atoms with Crippen LogP contribution in [-0.4, -0.2) is 30.7 Å². The standard InChI is InChI=1S/C11H18N3O3/c1-12-7-8-14(9-12)13(2)10(15)5-4-6-11(16)17-3/h7-9H,4-6H2,1-3H3/q+1. The molecule has 1 aromatic rings. The monoisotopic (exact) mass is 240 g/mol. The van der Waals surface area contributed by atoms with Crippen molar-refractivity contribution >= 4 is 11.9 Å². The van der Waals surface area contributed by atoms with Crippen molar-refractivity contribution in [2.75, 3.05) is 19.2 Å². The lowest BCUT2D eigenvalue weighted by Gasteiger charge is -2.11. The molecule has 6 heteroatoms. The van der Waals surface area contributed by atoms with Crippen molar-refractivity contribution in [3.63, 3.8) is 0 Å². The third kappa shape index (κ3) is 3.90. The second-order valence-corrected chi connectivity index (χ2v) is 3.81. The highest BCUT2D eigenvalue weighted by atomic mass is 16.5. The van der Waals surface area contributed by atoms with Crippen LogP contribution in [0.15, 0.2) is 18.7 Å². The van der Waals surface area contributed by atoms with Gasteiger partial charge in [0.2, 0.25) is 0 Å². The third-order valence-corrected chi connectivity index (χ3v) is 2.46. The Morgan fingerprint density at radius 2 is 2.12 bits per heavy atom. The summed E-state index contributed by atoms with van der Waals surface area (Å²) >= 11 is 0. The largest absolute Gasteiger partial charge is 0.469 e. The zero-order valence-electron chi connectivity index (χ0n) is 10.4. The summed E-state index contributed by atoms with van der Waals surface area (Å²) in [4.78, 5) is 22.6. The molecule has 0 N–H and O–H groups in total. The van der Waals surface area contributed by atoms with E-state index in [2.05, 4.69) is 4.74 Å². The van der Waals surface area contributed by atoms with Gasteiger partial charge in [0, 0.05) is 12.8 Å². The minimum Gasteiger partial charge on any atom is -0.469 e. The van der Waals surface area contributed by atoms with Gasteiger partial charge in [-0.15, -0.1) is 4.68 Å². The molecule has 6 nitrogen and oxygen atoms in total. The van der Waals surface area contributed by atoms with E-state index in [1.165, 1.54) is 12.1 Å². The first kappa shape index (κ1) is 13.2. The Bertz CT molecular complexity index is 400. The fourth-order valence-corrected chi connectivity index (χ4v) is 1.39. The van der Waals surface area contributed by atoms with E-state index >= 15 is 0 Å². The number of hydrogen-bond acceptors (Lipinski definition) is 3. The van der Waals surface area contributed by atoms with Crippen molar-refractivity contribution in [3.8, 4) is 0 Å². The number of nitrogens with zero attached hydrogens (tertiary/aromatic N) is 3. The average Bonchev–Trinajstić information content (AvgIpc) is 2.74. The lowest BCUT2D eigenvalue weighted by atomic mass is 10.2. The van der Waals surface area contributed by atoms with Gasteiger partial charge in [-0.05, 0) is 6.42 Å². The molecular formula is C11H18N3O3+. The number of aromatic nitrogens is 2. The van der Waals surface area contributed by atoms with Crippen molar-refractivity contribution in [3.05, 3.63) is 18.7 Å². The Hall–Kier alpha value is -1.85. The second kappa shape index (κ2) is 6.03. The van der Waals surface area contributed by atoms with Crippen molar-refractivity contribution in [2.24, 2.45) is 7.05 Å². The van der Waals surface area contributed by atoms with Gasteiger partial charge >= 0.3 is 5.97 Å². The second-order valence-electron chi connectivity index (χ2n) is 3.81. The fraction of sp³-hybridized carbons (Fsp3) is 0.545. The Kier molecular flexibility index (Phi) is 4.68. The SMILES string of the molecule is COC(=O)CCCC(=O)N(C)n1cc[n+](C)c1. The summed E-state index contributed by atoms with van der Waals surface area (Å²) in [5, 5.41) is 1.51. The minimum atomic E-state index is -0.284. The molecular weight excluding hydrogens is 222 g/mol. The van der Waals surface area contributed by atoms with Gasteiger partial charge in [0.25, 0.3) is 12.2 Å². The normalized spacial score (nSPS) is 10.1. The summed E-state index contributed by atoms with van der Waals surface area (Å²) in [6.07, 6.45) is 6.53. The zero-order chi connectivity index (χ0) is 12.8. The van der Waals surface area contributed by atoms with Crippen LogP contribution in [0.2, 0.25) is 0 Å². The molecule has 0 aromatic carbocycles. The van der Waals surface area contributed by atoms with Gasteiger partial charge in [0.1, 0.15) is 6.20 Å². The summed E-state index contributed by atoms with van der Waals surface area (Å²) in [6.45, 7) is 0. The first-order chi connectivity index (χ1) is 8.04. The van der Waals surface area contributed by atoms with E-state index in [9.17, 15) is 9.59 Å². The average molecular weight is 240 g/mol. The van der Waals surface area contributed by atoms with Crippen LogP contribution in [0.25, 0.3) is 0 Å². The third-order valence-electron chi connectivity index (χ3n) is 2.46. The van der Waals surface area contributed by atoms with Crippen LogP contribution in [0.1, 0.15) is 19.3 Å². The molecule has 1 heterocycles. The highest BCUT2D eigenvalue weighted by molar-refractivity contribution is 5.85. The van der Waals surface area contributed by atoms with E-state index < -0.39 is 0 Å². The number of carbonyl (C=O) groups is 2. The van der Waals surface area contributed by atoms with E-state index in [1.807, 2.05) is 17.8 Å². The first-order valence-corrected chi connectivity index (χ1v) is 5.41. The predicted molar refractivity (Wildman–Crippen MR) is 60.6 cm³/mol. The predicted octanol–water partition coefficient (Wildman–Crippen LogP) is -0.250. The molecule has 17 heavy (non-hydrogen) atoms. The van der Waals surface area contributed by atoms with E-state index in [4.69, 9.17) is 0 Å².